The Bertz CT molecular complexity index is 1060. The van der Waals surface area contributed by atoms with Gasteiger partial charge in [-0.05, 0) is 37.0 Å². The van der Waals surface area contributed by atoms with Crippen LogP contribution >= 0.6 is 11.8 Å². The summed E-state index contributed by atoms with van der Waals surface area (Å²) in [5.41, 5.74) is -0.197. The molecule has 1 heterocycles. The van der Waals surface area contributed by atoms with Gasteiger partial charge in [0.15, 0.2) is 5.16 Å². The van der Waals surface area contributed by atoms with Crippen LogP contribution in [-0.4, -0.2) is 39.8 Å². The highest BCUT2D eigenvalue weighted by atomic mass is 32.2. The summed E-state index contributed by atoms with van der Waals surface area (Å²) in [5, 5.41) is 3.75. The van der Waals surface area contributed by atoms with E-state index in [-0.39, 0.29) is 23.1 Å². The molecule has 2 rings (SSSR count). The van der Waals surface area contributed by atoms with Crippen molar-refractivity contribution in [3.63, 3.8) is 0 Å². The Morgan fingerprint density at radius 2 is 2.00 bits per heavy atom. The molecule has 0 fully saturated rings. The summed E-state index contributed by atoms with van der Waals surface area (Å²) in [6.07, 6.45) is 6.88. The van der Waals surface area contributed by atoms with Gasteiger partial charge in [0.1, 0.15) is 5.54 Å². The van der Waals surface area contributed by atoms with Crippen LogP contribution in [0.1, 0.15) is 50.9 Å². The molecular weight excluding hydrogens is 414 g/mol. The third kappa shape index (κ3) is 5.67. The van der Waals surface area contributed by atoms with Crippen molar-refractivity contribution in [2.75, 3.05) is 12.9 Å². The number of rotatable bonds is 9. The van der Waals surface area contributed by atoms with Crippen molar-refractivity contribution < 1.29 is 14.3 Å². The van der Waals surface area contributed by atoms with E-state index in [4.69, 9.17) is 11.2 Å². The first-order valence-electron chi connectivity index (χ1n) is 10.2. The molecule has 0 aliphatic heterocycles. The van der Waals surface area contributed by atoms with Gasteiger partial charge in [-0.25, -0.2) is 9.78 Å². The standard InChI is InChI=1S/C23H29N3O4S/c1-7-23(8-2,9-3)25-19(27)14-31-22-24-18-12-16(21(29)30-6)10-11-17(18)20(28)26(22)13-15(4)5/h1,10-12,15H,8-9,13-14H2,2-6H3,(H,25,27). The Labute approximate surface area is 187 Å². The van der Waals surface area contributed by atoms with E-state index in [1.807, 2.05) is 27.7 Å². The van der Waals surface area contributed by atoms with Gasteiger partial charge in [-0.3, -0.25) is 14.2 Å². The average Bonchev–Trinajstić information content (AvgIpc) is 2.77. The molecule has 0 spiro atoms. The third-order valence-electron chi connectivity index (χ3n) is 5.08. The van der Waals surface area contributed by atoms with Gasteiger partial charge >= 0.3 is 5.97 Å². The molecule has 1 aromatic heterocycles. The van der Waals surface area contributed by atoms with Crippen molar-refractivity contribution in [2.24, 2.45) is 5.92 Å². The number of carbonyl (C=O) groups excluding carboxylic acids is 2. The minimum absolute atomic E-state index is 0.0656. The monoisotopic (exact) mass is 443 g/mol. The summed E-state index contributed by atoms with van der Waals surface area (Å²) in [4.78, 5) is 42.1. The minimum atomic E-state index is -0.679. The van der Waals surface area contributed by atoms with Crippen LogP contribution in [0.5, 0.6) is 0 Å². The van der Waals surface area contributed by atoms with Gasteiger partial charge in [0.25, 0.3) is 5.56 Å². The van der Waals surface area contributed by atoms with Crippen LogP contribution in [0.2, 0.25) is 0 Å². The second kappa shape index (κ2) is 10.5. The lowest BCUT2D eigenvalue weighted by atomic mass is 9.94. The highest BCUT2D eigenvalue weighted by Crippen LogP contribution is 2.21. The van der Waals surface area contributed by atoms with Crippen LogP contribution in [0, 0.1) is 18.3 Å². The number of fused-ring (bicyclic) bond motifs is 1. The van der Waals surface area contributed by atoms with Crippen LogP contribution in [0.4, 0.5) is 0 Å². The average molecular weight is 444 g/mol. The number of nitrogens with zero attached hydrogens (tertiary/aromatic N) is 2. The van der Waals surface area contributed by atoms with Crippen molar-refractivity contribution in [3.05, 3.63) is 34.1 Å². The highest BCUT2D eigenvalue weighted by molar-refractivity contribution is 7.99. The van der Waals surface area contributed by atoms with E-state index >= 15 is 0 Å². The molecule has 7 nitrogen and oxygen atoms in total. The molecule has 0 saturated heterocycles. The number of hydrogen-bond donors (Lipinski definition) is 1. The van der Waals surface area contributed by atoms with Crippen molar-refractivity contribution in [1.82, 2.24) is 14.9 Å². The maximum absolute atomic E-state index is 13.1. The molecule has 8 heteroatoms. The number of esters is 1. The molecule has 1 aromatic carbocycles. The number of thioether (sulfide) groups is 1. The van der Waals surface area contributed by atoms with E-state index in [1.165, 1.54) is 24.9 Å². The van der Waals surface area contributed by atoms with Crippen LogP contribution in [0.25, 0.3) is 10.9 Å². The molecule has 0 aliphatic carbocycles. The number of carbonyl (C=O) groups is 2. The molecule has 0 radical (unpaired) electrons. The van der Waals surface area contributed by atoms with Gasteiger partial charge in [0.05, 0.1) is 29.3 Å². The molecule has 0 unspecified atom stereocenters. The zero-order chi connectivity index (χ0) is 23.2. The Kier molecular flexibility index (Phi) is 8.28. The lowest BCUT2D eigenvalue weighted by Crippen LogP contribution is -2.47. The Hall–Kier alpha value is -2.79. The SMILES string of the molecule is C#CC(CC)(CC)NC(=O)CSc1nc2cc(C(=O)OC)ccc2c(=O)n1CC(C)C. The lowest BCUT2D eigenvalue weighted by Gasteiger charge is -2.27. The third-order valence-corrected chi connectivity index (χ3v) is 6.06. The highest BCUT2D eigenvalue weighted by Gasteiger charge is 2.25. The summed E-state index contributed by atoms with van der Waals surface area (Å²) < 4.78 is 6.34. The molecule has 1 N–H and O–H groups in total. The van der Waals surface area contributed by atoms with Crippen LogP contribution in [-0.2, 0) is 16.1 Å². The van der Waals surface area contributed by atoms with Crippen molar-refractivity contribution in [2.45, 2.75) is 57.8 Å². The van der Waals surface area contributed by atoms with Gasteiger partial charge in [-0.1, -0.05) is 45.4 Å². The summed E-state index contributed by atoms with van der Waals surface area (Å²) >= 11 is 1.17. The summed E-state index contributed by atoms with van der Waals surface area (Å²) in [5.74, 6) is 2.22. The lowest BCUT2D eigenvalue weighted by molar-refractivity contribution is -0.119. The molecule has 2 aromatic rings. The molecule has 1 amide bonds. The maximum atomic E-state index is 13.1. The zero-order valence-electron chi connectivity index (χ0n) is 18.7. The second-order valence-electron chi connectivity index (χ2n) is 7.70. The molecule has 0 bridgehead atoms. The number of methoxy groups -OCH3 is 1. The van der Waals surface area contributed by atoms with E-state index in [1.54, 1.807) is 16.7 Å². The Morgan fingerprint density at radius 3 is 2.55 bits per heavy atom. The van der Waals surface area contributed by atoms with Gasteiger partial charge < -0.3 is 10.1 Å². The molecule has 0 atom stereocenters. The van der Waals surface area contributed by atoms with Gasteiger partial charge in [0.2, 0.25) is 5.91 Å². The minimum Gasteiger partial charge on any atom is -0.465 e. The quantitative estimate of drug-likeness (QED) is 0.277. The Morgan fingerprint density at radius 1 is 1.32 bits per heavy atom. The van der Waals surface area contributed by atoms with Crippen LogP contribution in [0.3, 0.4) is 0 Å². The fourth-order valence-electron chi connectivity index (χ4n) is 3.18. The predicted octanol–water partition coefficient (Wildman–Crippen LogP) is 3.24. The number of amides is 1. The van der Waals surface area contributed by atoms with Gasteiger partial charge in [-0.15, -0.1) is 6.42 Å². The number of terminal acetylenes is 1. The largest absolute Gasteiger partial charge is 0.465 e. The van der Waals surface area contributed by atoms with E-state index < -0.39 is 11.5 Å². The van der Waals surface area contributed by atoms with Crippen molar-refractivity contribution >= 4 is 34.5 Å². The summed E-state index contributed by atoms with van der Waals surface area (Å²) in [6, 6.07) is 4.66. The normalized spacial score (nSPS) is 11.4. The van der Waals surface area contributed by atoms with Crippen LogP contribution in [0.15, 0.2) is 28.2 Å². The van der Waals surface area contributed by atoms with Crippen LogP contribution < -0.4 is 10.9 Å². The van der Waals surface area contributed by atoms with Crippen molar-refractivity contribution in [1.29, 1.82) is 0 Å². The zero-order valence-corrected chi connectivity index (χ0v) is 19.5. The first kappa shape index (κ1) is 24.5. The topological polar surface area (TPSA) is 90.3 Å². The van der Waals surface area contributed by atoms with Gasteiger partial charge in [0, 0.05) is 6.54 Å². The molecule has 0 saturated carbocycles. The van der Waals surface area contributed by atoms with E-state index in [0.29, 0.717) is 41.0 Å². The first-order chi connectivity index (χ1) is 14.7. The van der Waals surface area contributed by atoms with Crippen molar-refractivity contribution in [3.8, 4) is 12.3 Å². The molecule has 31 heavy (non-hydrogen) atoms. The summed E-state index contributed by atoms with van der Waals surface area (Å²) in [7, 11) is 1.29. The Balaban J connectivity index is 2.41. The number of benzene rings is 1. The number of ether oxygens (including phenoxy) is 1. The van der Waals surface area contributed by atoms with E-state index in [2.05, 4.69) is 16.2 Å². The number of nitrogens with one attached hydrogen (secondary N) is 1. The number of hydrogen-bond acceptors (Lipinski definition) is 6. The predicted molar refractivity (Wildman–Crippen MR) is 123 cm³/mol. The fourth-order valence-corrected chi connectivity index (χ4v) is 3.99. The van der Waals surface area contributed by atoms with E-state index in [9.17, 15) is 14.4 Å². The second-order valence-corrected chi connectivity index (χ2v) is 8.64. The number of aromatic nitrogens is 2. The smallest absolute Gasteiger partial charge is 0.337 e. The van der Waals surface area contributed by atoms with Gasteiger partial charge in [-0.2, -0.15) is 0 Å². The molecular formula is C23H29N3O4S. The first-order valence-corrected chi connectivity index (χ1v) is 11.2. The van der Waals surface area contributed by atoms with E-state index in [0.717, 1.165) is 0 Å². The fraction of sp³-hybridized carbons (Fsp3) is 0.478. The molecule has 166 valence electrons. The maximum Gasteiger partial charge on any atom is 0.337 e. The summed E-state index contributed by atoms with van der Waals surface area (Å²) in [6.45, 7) is 8.33. The molecule has 0 aliphatic rings.